The van der Waals surface area contributed by atoms with E-state index in [2.05, 4.69) is 13.8 Å². The number of pyridine rings is 2. The van der Waals surface area contributed by atoms with Gasteiger partial charge in [-0.25, -0.2) is 19.6 Å². The summed E-state index contributed by atoms with van der Waals surface area (Å²) in [6, 6.07) is 6.14. The molecule has 0 bridgehead atoms. The minimum atomic E-state index is -1.23. The quantitative estimate of drug-likeness (QED) is 0.0975. The average molecular weight is 942 g/mol. The summed E-state index contributed by atoms with van der Waals surface area (Å²) in [5, 5.41) is 1.47. The van der Waals surface area contributed by atoms with E-state index in [-0.39, 0.29) is 53.8 Å². The van der Waals surface area contributed by atoms with E-state index in [4.69, 9.17) is 89.0 Å². The average Bonchev–Trinajstić information content (AvgIpc) is 3.21. The third-order valence-corrected chi connectivity index (χ3v) is 15.0. The number of alkyl halides is 2. The van der Waals surface area contributed by atoms with Gasteiger partial charge in [0.25, 0.3) is 0 Å². The van der Waals surface area contributed by atoms with Crippen molar-refractivity contribution in [2.45, 2.75) is 95.2 Å². The number of hydrogen-bond acceptors (Lipinski definition) is 8. The van der Waals surface area contributed by atoms with E-state index in [9.17, 15) is 19.2 Å². The molecule has 4 unspecified atom stereocenters. The molecule has 4 aromatic rings. The number of benzene rings is 2. The second kappa shape index (κ2) is 16.7. The number of allylic oxidation sites excluding steroid dienone is 8. The van der Waals surface area contributed by atoms with Crippen molar-refractivity contribution in [3.05, 3.63) is 113 Å². The fourth-order valence-corrected chi connectivity index (χ4v) is 11.5. The Hall–Kier alpha value is -3.76. The maximum Gasteiger partial charge on any atom is 0.346 e. The lowest BCUT2D eigenvalue weighted by Gasteiger charge is -2.40. The third kappa shape index (κ3) is 7.53. The molecule has 316 valence electrons. The van der Waals surface area contributed by atoms with Crippen LogP contribution in [-0.4, -0.2) is 43.6 Å². The fourth-order valence-electron chi connectivity index (χ4n) is 9.78. The molecule has 0 radical (unpaired) electrons. The number of carbonyl (C=O) groups is 4. The summed E-state index contributed by atoms with van der Waals surface area (Å²) in [6.45, 7) is 8.15. The molecule has 0 fully saturated rings. The van der Waals surface area contributed by atoms with E-state index in [0.29, 0.717) is 84.9 Å². The monoisotopic (exact) mass is 938 g/mol. The van der Waals surface area contributed by atoms with Crippen molar-refractivity contribution in [1.29, 1.82) is 0 Å². The number of fused-ring (bicyclic) bond motifs is 6. The second-order valence-corrected chi connectivity index (χ2v) is 19.0. The van der Waals surface area contributed by atoms with E-state index in [1.165, 1.54) is 12.1 Å². The molecular formula is C47H40Cl6N2O6. The van der Waals surface area contributed by atoms with Crippen molar-refractivity contribution in [2.75, 3.05) is 0 Å². The third-order valence-electron chi connectivity index (χ3n) is 12.7. The minimum Gasteiger partial charge on any atom is -0.389 e. The zero-order valence-electron chi connectivity index (χ0n) is 33.7. The number of rotatable bonds is 8. The lowest BCUT2D eigenvalue weighted by Crippen LogP contribution is -2.34. The van der Waals surface area contributed by atoms with Crippen LogP contribution in [0, 0.1) is 11.8 Å². The largest absolute Gasteiger partial charge is 0.389 e. The number of ether oxygens (including phenoxy) is 2. The van der Waals surface area contributed by atoms with Crippen LogP contribution in [0.1, 0.15) is 116 Å². The highest BCUT2D eigenvalue weighted by molar-refractivity contribution is 6.40. The van der Waals surface area contributed by atoms with Crippen LogP contribution in [0.2, 0.25) is 20.1 Å². The molecule has 4 aliphatic carbocycles. The summed E-state index contributed by atoms with van der Waals surface area (Å²) in [7, 11) is 0. The second-order valence-electron chi connectivity index (χ2n) is 15.9. The molecule has 2 aromatic heterocycles. The molecule has 8 nitrogen and oxygen atoms in total. The van der Waals surface area contributed by atoms with Gasteiger partial charge in [-0.1, -0.05) is 98.4 Å². The maximum absolute atomic E-state index is 14.2. The number of halogens is 6. The molecule has 0 N–H and O–H groups in total. The lowest BCUT2D eigenvalue weighted by molar-refractivity contribution is -0.147. The van der Waals surface area contributed by atoms with Crippen LogP contribution in [0.4, 0.5) is 0 Å². The minimum absolute atomic E-state index is 0.0547. The van der Waals surface area contributed by atoms with Gasteiger partial charge in [-0.2, -0.15) is 0 Å². The maximum atomic E-state index is 14.2. The first-order valence-corrected chi connectivity index (χ1v) is 22.7. The Morgan fingerprint density at radius 3 is 1.38 bits per heavy atom. The van der Waals surface area contributed by atoms with Gasteiger partial charge in [0.2, 0.25) is 0 Å². The van der Waals surface area contributed by atoms with Crippen LogP contribution < -0.4 is 0 Å². The highest BCUT2D eigenvalue weighted by atomic mass is 35.5. The molecular weight excluding hydrogens is 901 g/mol. The predicted molar refractivity (Wildman–Crippen MR) is 243 cm³/mol. The van der Waals surface area contributed by atoms with Gasteiger partial charge in [-0.15, -0.1) is 23.2 Å². The van der Waals surface area contributed by atoms with Crippen molar-refractivity contribution < 1.29 is 28.7 Å². The first-order valence-electron chi connectivity index (χ1n) is 20.4. The number of carbonyl (C=O) groups excluding carboxylic acids is 4. The highest BCUT2D eigenvalue weighted by Crippen LogP contribution is 2.52. The first kappa shape index (κ1) is 43.9. The zero-order valence-corrected chi connectivity index (χ0v) is 38.3. The van der Waals surface area contributed by atoms with Gasteiger partial charge in [-0.3, -0.25) is 9.59 Å². The van der Waals surface area contributed by atoms with E-state index in [1.54, 1.807) is 12.1 Å². The van der Waals surface area contributed by atoms with E-state index < -0.39 is 40.0 Å². The molecule has 2 heterocycles. The Morgan fingerprint density at radius 1 is 0.623 bits per heavy atom. The van der Waals surface area contributed by atoms with E-state index in [1.807, 2.05) is 38.2 Å². The predicted octanol–water partition coefficient (Wildman–Crippen LogP) is 13.2. The summed E-state index contributed by atoms with van der Waals surface area (Å²) in [5.41, 5.74) is 6.85. The van der Waals surface area contributed by atoms with E-state index in [0.717, 1.165) is 22.3 Å². The molecule has 0 amide bonds. The first-order chi connectivity index (χ1) is 29.1. The Balaban J connectivity index is 1.11. The topological polar surface area (TPSA) is 113 Å². The molecule has 4 atom stereocenters. The van der Waals surface area contributed by atoms with Crippen LogP contribution in [0.25, 0.3) is 33.0 Å². The number of aromatic nitrogens is 2. The normalized spacial score (nSPS) is 22.8. The van der Waals surface area contributed by atoms with Gasteiger partial charge >= 0.3 is 23.9 Å². The van der Waals surface area contributed by atoms with Gasteiger partial charge in [0, 0.05) is 32.7 Å². The lowest BCUT2D eigenvalue weighted by atomic mass is 9.70. The van der Waals surface area contributed by atoms with Crippen molar-refractivity contribution in [1.82, 2.24) is 9.97 Å². The Morgan fingerprint density at radius 2 is 1.02 bits per heavy atom. The zero-order chi connectivity index (χ0) is 43.7. The molecule has 0 saturated carbocycles. The number of esters is 4. The highest BCUT2D eigenvalue weighted by Gasteiger charge is 2.44. The summed E-state index contributed by atoms with van der Waals surface area (Å²) in [4.78, 5) is 64.0. The summed E-state index contributed by atoms with van der Waals surface area (Å²) in [6.07, 6.45) is 11.8. The Labute approximate surface area is 383 Å². The summed E-state index contributed by atoms with van der Waals surface area (Å²) >= 11 is 40.7. The number of nitrogens with zero attached hydrogens (tertiary/aromatic N) is 2. The molecule has 2 aromatic carbocycles. The molecule has 14 heteroatoms. The summed E-state index contributed by atoms with van der Waals surface area (Å²) < 4.78 is 10.8. The molecule has 0 spiro atoms. The smallest absolute Gasteiger partial charge is 0.346 e. The Kier molecular flexibility index (Phi) is 12.0. The molecule has 8 rings (SSSR count). The SMILES string of the molecule is CCC1C2=C(C=CC1(Cl)CC)CCc1c2nc2c(Cl)cc(Cl)cc2c1C(=O)OC(=O)CC(=O)OC(=O)c1c2c(nc3c(Cl)cc(Cl)cc13)C1=C(C=CC(Cl)(CC)C1CC)CC2. The molecule has 4 aliphatic rings. The van der Waals surface area contributed by atoms with Crippen LogP contribution in [0.5, 0.6) is 0 Å². The van der Waals surface area contributed by atoms with Crippen LogP contribution in [-0.2, 0) is 31.9 Å². The van der Waals surface area contributed by atoms with Crippen molar-refractivity contribution in [3.8, 4) is 0 Å². The Bertz CT molecular complexity index is 2570. The van der Waals surface area contributed by atoms with Gasteiger partial charge in [0.1, 0.15) is 6.42 Å². The van der Waals surface area contributed by atoms with Crippen molar-refractivity contribution in [2.24, 2.45) is 11.8 Å². The standard InChI is InChI=1S/C47H40Cl6N2O6/c1-5-30-36-22(13-15-46(30,52)7-3)9-11-26-38(28-17-24(48)19-32(50)40(28)54-42(26)36)44(58)60-34(56)21-35(57)61-45(59)39-27-12-10-23-14-16-47(53,8-4)31(6-2)37(23)43(27)55-41-29(39)18-25(49)20-33(41)51/h13-20,30-31H,5-12,21H2,1-4H3. The van der Waals surface area contributed by atoms with Crippen molar-refractivity contribution >= 4 is 126 Å². The van der Waals surface area contributed by atoms with Crippen LogP contribution in [0.15, 0.2) is 59.7 Å². The summed E-state index contributed by atoms with van der Waals surface area (Å²) in [5.74, 6) is -4.78. The van der Waals surface area contributed by atoms with E-state index >= 15 is 0 Å². The van der Waals surface area contributed by atoms with Crippen molar-refractivity contribution in [3.63, 3.8) is 0 Å². The van der Waals surface area contributed by atoms with Gasteiger partial charge in [0.05, 0.1) is 53.3 Å². The number of hydrogen-bond donors (Lipinski definition) is 0. The molecule has 61 heavy (non-hydrogen) atoms. The van der Waals surface area contributed by atoms with Crippen LogP contribution >= 0.6 is 69.6 Å². The van der Waals surface area contributed by atoms with Gasteiger partial charge in [-0.05, 0) is 109 Å². The van der Waals surface area contributed by atoms with Crippen LogP contribution in [0.3, 0.4) is 0 Å². The molecule has 0 aliphatic heterocycles. The fraction of sp³-hybridized carbons (Fsp3) is 0.362. The molecule has 0 saturated heterocycles. The van der Waals surface area contributed by atoms with Gasteiger partial charge in [0.15, 0.2) is 0 Å². The van der Waals surface area contributed by atoms with Gasteiger partial charge < -0.3 is 9.47 Å².